The average Bonchev–Trinajstić information content (AvgIpc) is 3.11. The molecule has 16 heavy (non-hydrogen) atoms. The Labute approximate surface area is 97.7 Å². The van der Waals surface area contributed by atoms with Crippen LogP contribution in [0.5, 0.6) is 0 Å². The monoisotopic (exact) mass is 219 g/mol. The number of aromatic nitrogens is 1. The summed E-state index contributed by atoms with van der Waals surface area (Å²) < 4.78 is 0. The van der Waals surface area contributed by atoms with Crippen molar-refractivity contribution in [1.29, 1.82) is 0 Å². The maximum atomic E-state index is 4.25. The van der Waals surface area contributed by atoms with Gasteiger partial charge in [0, 0.05) is 31.0 Å². The first kappa shape index (κ1) is 11.2. The zero-order chi connectivity index (χ0) is 11.4. The highest BCUT2D eigenvalue weighted by Crippen LogP contribution is 2.36. The number of nitrogens with zero attached hydrogens (tertiary/aromatic N) is 1. The van der Waals surface area contributed by atoms with E-state index in [-0.39, 0.29) is 0 Å². The van der Waals surface area contributed by atoms with Crippen LogP contribution in [0.25, 0.3) is 0 Å². The molecule has 1 fully saturated rings. The summed E-state index contributed by atoms with van der Waals surface area (Å²) in [6, 6.07) is 4.10. The van der Waals surface area contributed by atoms with Crippen LogP contribution in [0.3, 0.4) is 0 Å². The van der Waals surface area contributed by atoms with E-state index in [9.17, 15) is 0 Å². The topological polar surface area (TPSA) is 37.0 Å². The van der Waals surface area contributed by atoms with Gasteiger partial charge in [0.15, 0.2) is 0 Å². The summed E-state index contributed by atoms with van der Waals surface area (Å²) in [6.07, 6.45) is 4.69. The van der Waals surface area contributed by atoms with Crippen molar-refractivity contribution in [3.8, 4) is 0 Å². The average molecular weight is 219 g/mol. The fourth-order valence-corrected chi connectivity index (χ4v) is 1.93. The molecular weight excluding hydrogens is 198 g/mol. The number of nitrogens with one attached hydrogen (secondary N) is 2. The lowest BCUT2D eigenvalue weighted by atomic mass is 10.1. The molecule has 1 saturated carbocycles. The maximum absolute atomic E-state index is 4.25. The number of hydrogen-bond acceptors (Lipinski definition) is 3. The predicted octanol–water partition coefficient (Wildman–Crippen LogP) is 2.97. The Balaban J connectivity index is 1.85. The number of rotatable bonds is 6. The predicted molar refractivity (Wildman–Crippen MR) is 68.8 cm³/mol. The summed E-state index contributed by atoms with van der Waals surface area (Å²) >= 11 is 0. The molecule has 0 radical (unpaired) electrons. The molecule has 3 heteroatoms. The largest absolute Gasteiger partial charge is 0.385 e. The second kappa shape index (κ2) is 5.19. The second-order valence-corrected chi connectivity index (χ2v) is 4.66. The number of pyridine rings is 1. The number of hydrogen-bond donors (Lipinski definition) is 2. The third-order valence-corrected chi connectivity index (χ3v) is 3.17. The van der Waals surface area contributed by atoms with Gasteiger partial charge in [0.05, 0.1) is 0 Å². The normalized spacial score (nSPS) is 16.9. The summed E-state index contributed by atoms with van der Waals surface area (Å²) in [7, 11) is 0. The van der Waals surface area contributed by atoms with Gasteiger partial charge < -0.3 is 10.6 Å². The van der Waals surface area contributed by atoms with Crippen LogP contribution < -0.4 is 10.6 Å². The molecule has 1 aliphatic rings. The van der Waals surface area contributed by atoms with Crippen molar-refractivity contribution in [3.05, 3.63) is 18.3 Å². The van der Waals surface area contributed by atoms with Crippen molar-refractivity contribution in [2.75, 3.05) is 23.7 Å². The lowest BCUT2D eigenvalue weighted by Crippen LogP contribution is -2.13. The molecule has 0 bridgehead atoms. The summed E-state index contributed by atoms with van der Waals surface area (Å²) in [5.74, 6) is 2.70. The van der Waals surface area contributed by atoms with Gasteiger partial charge in [-0.15, -0.1) is 0 Å². The number of anilines is 2. The third kappa shape index (κ3) is 3.12. The molecule has 1 aliphatic carbocycles. The van der Waals surface area contributed by atoms with Crippen LogP contribution in [0.4, 0.5) is 11.5 Å². The molecule has 2 rings (SSSR count). The van der Waals surface area contributed by atoms with Crippen molar-refractivity contribution in [2.24, 2.45) is 11.8 Å². The van der Waals surface area contributed by atoms with Crippen LogP contribution >= 0.6 is 0 Å². The fraction of sp³-hybridized carbons (Fsp3) is 0.615. The second-order valence-electron chi connectivity index (χ2n) is 4.66. The Morgan fingerprint density at radius 2 is 2.25 bits per heavy atom. The molecule has 0 amide bonds. The molecule has 1 atom stereocenters. The van der Waals surface area contributed by atoms with Crippen molar-refractivity contribution in [1.82, 2.24) is 4.98 Å². The highest BCUT2D eigenvalue weighted by molar-refractivity contribution is 5.51. The Hall–Kier alpha value is -1.25. The van der Waals surface area contributed by atoms with Gasteiger partial charge in [-0.3, -0.25) is 0 Å². The van der Waals surface area contributed by atoms with Crippen LogP contribution in [0, 0.1) is 11.8 Å². The molecule has 1 heterocycles. The summed E-state index contributed by atoms with van der Waals surface area (Å²) in [4.78, 5) is 4.25. The lowest BCUT2D eigenvalue weighted by Gasteiger charge is -2.13. The summed E-state index contributed by atoms with van der Waals surface area (Å²) in [6.45, 7) is 6.39. The SMILES string of the molecule is CCNc1cc(NCC(C)C2CC2)ccn1. The van der Waals surface area contributed by atoms with Crippen LogP contribution in [0.15, 0.2) is 18.3 Å². The van der Waals surface area contributed by atoms with Gasteiger partial charge in [0.1, 0.15) is 5.82 Å². The van der Waals surface area contributed by atoms with Gasteiger partial charge in [-0.2, -0.15) is 0 Å². The molecule has 1 aromatic heterocycles. The first-order chi connectivity index (χ1) is 7.79. The minimum absolute atomic E-state index is 0.788. The van der Waals surface area contributed by atoms with Gasteiger partial charge in [-0.05, 0) is 37.7 Å². The van der Waals surface area contributed by atoms with Gasteiger partial charge in [-0.25, -0.2) is 4.98 Å². The summed E-state index contributed by atoms with van der Waals surface area (Å²) in [5.41, 5.74) is 1.17. The molecule has 1 unspecified atom stereocenters. The quantitative estimate of drug-likeness (QED) is 0.772. The maximum Gasteiger partial charge on any atom is 0.127 e. The molecule has 0 saturated heterocycles. The van der Waals surface area contributed by atoms with Gasteiger partial charge >= 0.3 is 0 Å². The Kier molecular flexibility index (Phi) is 3.65. The minimum atomic E-state index is 0.788. The molecule has 0 aliphatic heterocycles. The van der Waals surface area contributed by atoms with Crippen molar-refractivity contribution in [3.63, 3.8) is 0 Å². The molecule has 2 N–H and O–H groups in total. The smallest absolute Gasteiger partial charge is 0.127 e. The van der Waals surface area contributed by atoms with E-state index in [1.807, 2.05) is 12.3 Å². The van der Waals surface area contributed by atoms with E-state index >= 15 is 0 Å². The highest BCUT2D eigenvalue weighted by Gasteiger charge is 2.27. The zero-order valence-electron chi connectivity index (χ0n) is 10.2. The standard InChI is InChI=1S/C13H21N3/c1-3-14-13-8-12(6-7-15-13)16-9-10(2)11-4-5-11/h6-8,10-11H,3-5,9H2,1-2H3,(H2,14,15,16). The summed E-state index contributed by atoms with van der Waals surface area (Å²) in [5, 5.41) is 6.70. The van der Waals surface area contributed by atoms with E-state index in [0.29, 0.717) is 0 Å². The van der Waals surface area contributed by atoms with Crippen LogP contribution in [0.2, 0.25) is 0 Å². The third-order valence-electron chi connectivity index (χ3n) is 3.17. The van der Waals surface area contributed by atoms with Crippen molar-refractivity contribution >= 4 is 11.5 Å². The van der Waals surface area contributed by atoms with E-state index in [2.05, 4.69) is 35.5 Å². The van der Waals surface area contributed by atoms with E-state index < -0.39 is 0 Å². The Bertz CT molecular complexity index is 334. The lowest BCUT2D eigenvalue weighted by molar-refractivity contribution is 0.536. The van der Waals surface area contributed by atoms with E-state index in [1.165, 1.54) is 18.5 Å². The molecule has 1 aromatic rings. The van der Waals surface area contributed by atoms with E-state index in [4.69, 9.17) is 0 Å². The molecule has 3 nitrogen and oxygen atoms in total. The highest BCUT2D eigenvalue weighted by atomic mass is 15.0. The molecule has 0 spiro atoms. The van der Waals surface area contributed by atoms with Crippen LogP contribution in [0.1, 0.15) is 26.7 Å². The van der Waals surface area contributed by atoms with E-state index in [1.54, 1.807) is 0 Å². The molecular formula is C13H21N3. The van der Waals surface area contributed by atoms with Crippen LogP contribution in [-0.4, -0.2) is 18.1 Å². The van der Waals surface area contributed by atoms with Crippen molar-refractivity contribution in [2.45, 2.75) is 26.7 Å². The van der Waals surface area contributed by atoms with E-state index in [0.717, 1.165) is 30.7 Å². The van der Waals surface area contributed by atoms with Gasteiger partial charge in [-0.1, -0.05) is 6.92 Å². The van der Waals surface area contributed by atoms with Gasteiger partial charge in [0.25, 0.3) is 0 Å². The molecule has 88 valence electrons. The first-order valence-corrected chi connectivity index (χ1v) is 6.23. The Morgan fingerprint density at radius 3 is 2.94 bits per heavy atom. The zero-order valence-corrected chi connectivity index (χ0v) is 10.2. The van der Waals surface area contributed by atoms with Crippen molar-refractivity contribution < 1.29 is 0 Å². The van der Waals surface area contributed by atoms with Gasteiger partial charge in [0.2, 0.25) is 0 Å². The molecule has 0 aromatic carbocycles. The Morgan fingerprint density at radius 1 is 1.44 bits per heavy atom. The fourth-order valence-electron chi connectivity index (χ4n) is 1.93. The first-order valence-electron chi connectivity index (χ1n) is 6.23. The minimum Gasteiger partial charge on any atom is -0.385 e. The van der Waals surface area contributed by atoms with Crippen LogP contribution in [-0.2, 0) is 0 Å².